The summed E-state index contributed by atoms with van der Waals surface area (Å²) >= 11 is 0. The lowest BCUT2D eigenvalue weighted by Crippen LogP contribution is -2.35. The Labute approximate surface area is 174 Å². The number of hydrogen-bond donors (Lipinski definition) is 1. The van der Waals surface area contributed by atoms with Gasteiger partial charge in [0, 0.05) is 26.4 Å². The van der Waals surface area contributed by atoms with Crippen LogP contribution in [-0.2, 0) is 16.1 Å². The van der Waals surface area contributed by atoms with Crippen LogP contribution in [0.25, 0.3) is 0 Å². The molecule has 2 rings (SSSR count). The first-order chi connectivity index (χ1) is 14.3. The molecule has 1 aromatic heterocycles. The molecule has 0 saturated carbocycles. The number of likely N-dealkylation sites (N-methyl/N-ethyl adjacent to an activating group) is 1. The van der Waals surface area contributed by atoms with Crippen molar-refractivity contribution in [2.75, 3.05) is 20.7 Å². The predicted octanol–water partition coefficient (Wildman–Crippen LogP) is 1.25. The molecule has 0 aliphatic carbocycles. The van der Waals surface area contributed by atoms with E-state index in [2.05, 4.69) is 10.5 Å². The Morgan fingerprint density at radius 2 is 2.00 bits per heavy atom. The van der Waals surface area contributed by atoms with Gasteiger partial charge in [-0.15, -0.1) is 0 Å². The maximum Gasteiger partial charge on any atom is 0.262 e. The molecule has 9 heteroatoms. The monoisotopic (exact) mass is 414 g/mol. The van der Waals surface area contributed by atoms with Gasteiger partial charge >= 0.3 is 0 Å². The molecule has 0 aliphatic heterocycles. The first-order valence-corrected chi connectivity index (χ1v) is 9.43. The average molecular weight is 414 g/mol. The molecule has 1 heterocycles. The fourth-order valence-electron chi connectivity index (χ4n) is 2.54. The minimum Gasteiger partial charge on any atom is -0.490 e. The molecule has 160 valence electrons. The predicted molar refractivity (Wildman–Crippen MR) is 113 cm³/mol. The molecular weight excluding hydrogens is 388 g/mol. The molecule has 30 heavy (non-hydrogen) atoms. The van der Waals surface area contributed by atoms with Crippen molar-refractivity contribution in [3.8, 4) is 11.5 Å². The van der Waals surface area contributed by atoms with E-state index in [1.807, 2.05) is 6.92 Å². The molecule has 0 unspecified atom stereocenters. The van der Waals surface area contributed by atoms with Crippen molar-refractivity contribution >= 4 is 18.0 Å². The van der Waals surface area contributed by atoms with E-state index in [1.54, 1.807) is 51.4 Å². The Hall–Kier alpha value is -3.62. The van der Waals surface area contributed by atoms with E-state index in [0.29, 0.717) is 23.7 Å². The van der Waals surface area contributed by atoms with Crippen molar-refractivity contribution in [3.63, 3.8) is 0 Å². The minimum absolute atomic E-state index is 0.133. The maximum atomic E-state index is 12.0. The van der Waals surface area contributed by atoms with Crippen LogP contribution in [0.5, 0.6) is 11.5 Å². The normalized spacial score (nSPS) is 11.7. The summed E-state index contributed by atoms with van der Waals surface area (Å²) in [6.45, 7) is 3.78. The van der Waals surface area contributed by atoms with Gasteiger partial charge in [-0.1, -0.05) is 6.07 Å². The van der Waals surface area contributed by atoms with Crippen molar-refractivity contribution in [2.24, 2.45) is 5.10 Å². The van der Waals surface area contributed by atoms with Crippen LogP contribution in [0, 0.1) is 0 Å². The van der Waals surface area contributed by atoms with Crippen molar-refractivity contribution in [1.29, 1.82) is 0 Å². The molecule has 0 spiro atoms. The zero-order chi connectivity index (χ0) is 22.1. The van der Waals surface area contributed by atoms with Gasteiger partial charge in [-0.25, -0.2) is 5.43 Å². The van der Waals surface area contributed by atoms with Crippen LogP contribution in [0.1, 0.15) is 19.4 Å². The summed E-state index contributed by atoms with van der Waals surface area (Å²) in [6, 6.07) is 9.75. The number of hydrazone groups is 1. The fourth-order valence-corrected chi connectivity index (χ4v) is 2.54. The zero-order valence-corrected chi connectivity index (χ0v) is 17.5. The van der Waals surface area contributed by atoms with Gasteiger partial charge in [0.1, 0.15) is 6.54 Å². The number of rotatable bonds is 9. The second kappa shape index (κ2) is 10.8. The zero-order valence-electron chi connectivity index (χ0n) is 17.5. The quantitative estimate of drug-likeness (QED) is 0.492. The van der Waals surface area contributed by atoms with E-state index in [4.69, 9.17) is 9.47 Å². The van der Waals surface area contributed by atoms with Crippen LogP contribution in [0.2, 0.25) is 0 Å². The highest BCUT2D eigenvalue weighted by Crippen LogP contribution is 2.29. The Morgan fingerprint density at radius 3 is 2.67 bits per heavy atom. The molecule has 1 atom stereocenters. The molecule has 0 radical (unpaired) electrons. The summed E-state index contributed by atoms with van der Waals surface area (Å²) in [5, 5.41) is 3.91. The molecule has 1 aromatic carbocycles. The van der Waals surface area contributed by atoms with Gasteiger partial charge in [0.2, 0.25) is 0 Å². The van der Waals surface area contributed by atoms with Crippen LogP contribution in [0.15, 0.2) is 52.5 Å². The standard InChI is InChI=1S/C21H26N4O5/c1-5-29-18-12-16(9-10-17(18)30-15(2)21(28)24(3)4)13-22-23-19(26)14-25-11-7-6-8-20(25)27/h6-13,15H,5,14H2,1-4H3,(H,23,26)/b22-13-/t15-/m1/s1. The van der Waals surface area contributed by atoms with Crippen LogP contribution in [0.3, 0.4) is 0 Å². The Kier molecular flexibility index (Phi) is 8.16. The third-order valence-corrected chi connectivity index (χ3v) is 3.98. The third-order valence-electron chi connectivity index (χ3n) is 3.98. The Balaban J connectivity index is 2.04. The van der Waals surface area contributed by atoms with Crippen LogP contribution in [0.4, 0.5) is 0 Å². The highest BCUT2D eigenvalue weighted by atomic mass is 16.5. The fraction of sp³-hybridized carbons (Fsp3) is 0.333. The number of carbonyl (C=O) groups is 2. The number of carbonyl (C=O) groups excluding carboxylic acids is 2. The second-order valence-electron chi connectivity index (χ2n) is 6.59. The van der Waals surface area contributed by atoms with Crippen LogP contribution >= 0.6 is 0 Å². The molecule has 0 aliphatic rings. The average Bonchev–Trinajstić information content (AvgIpc) is 2.71. The highest BCUT2D eigenvalue weighted by Gasteiger charge is 2.18. The third kappa shape index (κ3) is 6.47. The number of amides is 2. The lowest BCUT2D eigenvalue weighted by molar-refractivity contribution is -0.135. The van der Waals surface area contributed by atoms with Gasteiger partial charge in [-0.2, -0.15) is 5.10 Å². The second-order valence-corrected chi connectivity index (χ2v) is 6.59. The van der Waals surface area contributed by atoms with E-state index in [0.717, 1.165) is 0 Å². The molecule has 0 bridgehead atoms. The van der Waals surface area contributed by atoms with Crippen molar-refractivity contribution in [3.05, 3.63) is 58.5 Å². The smallest absolute Gasteiger partial charge is 0.262 e. The number of nitrogens with zero attached hydrogens (tertiary/aromatic N) is 3. The van der Waals surface area contributed by atoms with Crippen molar-refractivity contribution < 1.29 is 19.1 Å². The SMILES string of the molecule is CCOc1cc(/C=N\NC(=O)Cn2ccccc2=O)ccc1O[C@H](C)C(=O)N(C)C. The van der Waals surface area contributed by atoms with E-state index in [9.17, 15) is 14.4 Å². The number of benzene rings is 1. The molecule has 9 nitrogen and oxygen atoms in total. The molecular formula is C21H26N4O5. The van der Waals surface area contributed by atoms with Gasteiger partial charge in [-0.05, 0) is 43.7 Å². The molecule has 2 amide bonds. The first-order valence-electron chi connectivity index (χ1n) is 9.43. The molecule has 0 fully saturated rings. The number of hydrogen-bond acceptors (Lipinski definition) is 6. The van der Waals surface area contributed by atoms with Crippen LogP contribution < -0.4 is 20.5 Å². The first kappa shape index (κ1) is 22.7. The number of ether oxygens (including phenoxy) is 2. The maximum absolute atomic E-state index is 12.0. The minimum atomic E-state index is -0.667. The van der Waals surface area contributed by atoms with Gasteiger partial charge in [0.15, 0.2) is 17.6 Å². The lowest BCUT2D eigenvalue weighted by atomic mass is 10.2. The summed E-state index contributed by atoms with van der Waals surface area (Å²) in [4.78, 5) is 37.1. The summed E-state index contributed by atoms with van der Waals surface area (Å²) in [5.41, 5.74) is 2.77. The summed E-state index contributed by atoms with van der Waals surface area (Å²) in [7, 11) is 3.32. The van der Waals surface area contributed by atoms with Crippen molar-refractivity contribution in [2.45, 2.75) is 26.5 Å². The van der Waals surface area contributed by atoms with E-state index in [-0.39, 0.29) is 18.0 Å². The van der Waals surface area contributed by atoms with E-state index >= 15 is 0 Å². The molecule has 2 aromatic rings. The Bertz CT molecular complexity index is 968. The molecule has 1 N–H and O–H groups in total. The topological polar surface area (TPSA) is 102 Å². The Morgan fingerprint density at radius 1 is 1.23 bits per heavy atom. The van der Waals surface area contributed by atoms with E-state index < -0.39 is 12.0 Å². The van der Waals surface area contributed by atoms with Gasteiger partial charge in [0.05, 0.1) is 12.8 Å². The van der Waals surface area contributed by atoms with Gasteiger partial charge < -0.3 is 18.9 Å². The van der Waals surface area contributed by atoms with Crippen LogP contribution in [-0.4, -0.2) is 54.3 Å². The highest BCUT2D eigenvalue weighted by molar-refractivity contribution is 5.83. The summed E-state index contributed by atoms with van der Waals surface area (Å²) in [6.07, 6.45) is 2.31. The van der Waals surface area contributed by atoms with Gasteiger partial charge in [0.25, 0.3) is 17.4 Å². The van der Waals surface area contributed by atoms with Crippen molar-refractivity contribution in [1.82, 2.24) is 14.9 Å². The largest absolute Gasteiger partial charge is 0.490 e. The summed E-state index contributed by atoms with van der Waals surface area (Å²) < 4.78 is 12.6. The van der Waals surface area contributed by atoms with E-state index in [1.165, 1.54) is 27.9 Å². The lowest BCUT2D eigenvalue weighted by Gasteiger charge is -2.20. The summed E-state index contributed by atoms with van der Waals surface area (Å²) in [5.74, 6) is 0.301. The number of pyridine rings is 1. The number of aromatic nitrogens is 1. The number of nitrogens with one attached hydrogen (secondary N) is 1. The molecule has 0 saturated heterocycles. The van der Waals surface area contributed by atoms with Gasteiger partial charge in [-0.3, -0.25) is 14.4 Å².